The van der Waals surface area contributed by atoms with E-state index in [4.69, 9.17) is 11.5 Å². The second-order valence-corrected chi connectivity index (χ2v) is 5.04. The fourth-order valence-corrected chi connectivity index (χ4v) is 2.36. The van der Waals surface area contributed by atoms with Crippen LogP contribution in [-0.2, 0) is 0 Å². The minimum absolute atomic E-state index is 0.227. The first-order valence-electron chi connectivity index (χ1n) is 6.27. The summed E-state index contributed by atoms with van der Waals surface area (Å²) in [6.07, 6.45) is 5.26. The zero-order valence-electron chi connectivity index (χ0n) is 10.3. The van der Waals surface area contributed by atoms with E-state index in [1.54, 1.807) is 6.07 Å². The number of rotatable bonds is 3. The quantitative estimate of drug-likeness (QED) is 0.744. The van der Waals surface area contributed by atoms with Crippen LogP contribution in [0.15, 0.2) is 6.07 Å². The van der Waals surface area contributed by atoms with Gasteiger partial charge >= 0.3 is 0 Å². The van der Waals surface area contributed by atoms with Gasteiger partial charge in [0.1, 0.15) is 11.6 Å². The van der Waals surface area contributed by atoms with Crippen molar-refractivity contribution < 1.29 is 0 Å². The van der Waals surface area contributed by atoms with Gasteiger partial charge in [0.25, 0.3) is 0 Å². The molecule has 1 heterocycles. The molecule has 0 unspecified atom stereocenters. The van der Waals surface area contributed by atoms with Crippen LogP contribution in [0.1, 0.15) is 32.6 Å². The van der Waals surface area contributed by atoms with E-state index in [-0.39, 0.29) is 5.95 Å². The van der Waals surface area contributed by atoms with Gasteiger partial charge in [0.2, 0.25) is 5.95 Å². The molecule has 1 aliphatic carbocycles. The van der Waals surface area contributed by atoms with Crippen molar-refractivity contribution in [2.75, 3.05) is 23.3 Å². The van der Waals surface area contributed by atoms with Crippen molar-refractivity contribution in [3.05, 3.63) is 6.07 Å². The second kappa shape index (κ2) is 5.21. The summed E-state index contributed by atoms with van der Waals surface area (Å²) in [5.74, 6) is 3.00. The van der Waals surface area contributed by atoms with Crippen LogP contribution in [0, 0.1) is 11.8 Å². The van der Waals surface area contributed by atoms with E-state index in [0.29, 0.717) is 5.82 Å². The van der Waals surface area contributed by atoms with Gasteiger partial charge < -0.3 is 16.8 Å². The molecule has 5 N–H and O–H groups in total. The van der Waals surface area contributed by atoms with Crippen LogP contribution >= 0.6 is 0 Å². The number of anilines is 3. The van der Waals surface area contributed by atoms with Crippen LogP contribution in [0.3, 0.4) is 0 Å². The number of nitrogen functional groups attached to an aromatic ring is 2. The second-order valence-electron chi connectivity index (χ2n) is 5.04. The maximum absolute atomic E-state index is 5.62. The van der Waals surface area contributed by atoms with Gasteiger partial charge in [-0.25, -0.2) is 0 Å². The fraction of sp³-hybridized carbons (Fsp3) is 0.667. The van der Waals surface area contributed by atoms with E-state index in [1.807, 2.05) is 0 Å². The Morgan fingerprint density at radius 1 is 1.24 bits per heavy atom. The first-order chi connectivity index (χ1) is 8.13. The van der Waals surface area contributed by atoms with Gasteiger partial charge in [0.05, 0.1) is 0 Å². The van der Waals surface area contributed by atoms with E-state index in [9.17, 15) is 0 Å². The van der Waals surface area contributed by atoms with Gasteiger partial charge in [0.15, 0.2) is 0 Å². The van der Waals surface area contributed by atoms with Crippen molar-refractivity contribution in [2.24, 2.45) is 11.8 Å². The molecule has 94 valence electrons. The molecule has 1 saturated carbocycles. The first kappa shape index (κ1) is 12.0. The lowest BCUT2D eigenvalue weighted by molar-refractivity contribution is 0.300. The Labute approximate surface area is 102 Å². The lowest BCUT2D eigenvalue weighted by atomic mass is 9.83. The Hall–Kier alpha value is -1.52. The molecule has 1 aromatic rings. The monoisotopic (exact) mass is 235 g/mol. The Bertz CT molecular complexity index is 351. The van der Waals surface area contributed by atoms with Gasteiger partial charge in [-0.05, 0) is 24.7 Å². The molecule has 0 radical (unpaired) electrons. The van der Waals surface area contributed by atoms with Crippen molar-refractivity contribution in [3.63, 3.8) is 0 Å². The third-order valence-corrected chi connectivity index (χ3v) is 3.47. The summed E-state index contributed by atoms with van der Waals surface area (Å²) in [5.41, 5.74) is 11.2. The number of hydrogen-bond donors (Lipinski definition) is 3. The summed E-state index contributed by atoms with van der Waals surface area (Å²) in [6, 6.07) is 1.72. The highest BCUT2D eigenvalue weighted by Gasteiger charge is 2.17. The van der Waals surface area contributed by atoms with Crippen LogP contribution in [0.5, 0.6) is 0 Å². The number of hydrogen-bond acceptors (Lipinski definition) is 5. The SMILES string of the molecule is CC1CCC(CNc2cc(N)nc(N)n2)CC1. The number of aromatic nitrogens is 2. The molecule has 0 aromatic carbocycles. The predicted molar refractivity (Wildman–Crippen MR) is 70.5 cm³/mol. The van der Waals surface area contributed by atoms with Gasteiger partial charge in [-0.2, -0.15) is 9.97 Å². The van der Waals surface area contributed by atoms with E-state index >= 15 is 0 Å². The summed E-state index contributed by atoms with van der Waals surface area (Å²) in [4.78, 5) is 7.95. The van der Waals surface area contributed by atoms with Crippen LogP contribution in [0.2, 0.25) is 0 Å². The van der Waals surface area contributed by atoms with Crippen molar-refractivity contribution in [3.8, 4) is 0 Å². The minimum atomic E-state index is 0.227. The van der Waals surface area contributed by atoms with Crippen molar-refractivity contribution in [2.45, 2.75) is 32.6 Å². The molecule has 17 heavy (non-hydrogen) atoms. The van der Waals surface area contributed by atoms with Crippen molar-refractivity contribution in [1.29, 1.82) is 0 Å². The van der Waals surface area contributed by atoms with Crippen LogP contribution in [0.25, 0.3) is 0 Å². The molecule has 0 spiro atoms. The fourth-order valence-electron chi connectivity index (χ4n) is 2.36. The highest BCUT2D eigenvalue weighted by Crippen LogP contribution is 2.28. The minimum Gasteiger partial charge on any atom is -0.383 e. The third-order valence-electron chi connectivity index (χ3n) is 3.47. The van der Waals surface area contributed by atoms with Gasteiger partial charge in [-0.3, -0.25) is 0 Å². The smallest absolute Gasteiger partial charge is 0.223 e. The number of nitrogens with two attached hydrogens (primary N) is 2. The van der Waals surface area contributed by atoms with Crippen LogP contribution in [-0.4, -0.2) is 16.5 Å². The van der Waals surface area contributed by atoms with E-state index in [0.717, 1.165) is 24.2 Å². The van der Waals surface area contributed by atoms with Gasteiger partial charge in [-0.15, -0.1) is 0 Å². The summed E-state index contributed by atoms with van der Waals surface area (Å²) in [7, 11) is 0. The summed E-state index contributed by atoms with van der Waals surface area (Å²) >= 11 is 0. The predicted octanol–water partition coefficient (Wildman–Crippen LogP) is 1.88. The average Bonchev–Trinajstić information content (AvgIpc) is 2.27. The highest BCUT2D eigenvalue weighted by molar-refractivity contribution is 5.48. The zero-order chi connectivity index (χ0) is 12.3. The summed E-state index contributed by atoms with van der Waals surface area (Å²) in [6.45, 7) is 3.28. The molecule has 1 aliphatic rings. The molecule has 1 aromatic heterocycles. The summed E-state index contributed by atoms with van der Waals surface area (Å²) in [5, 5.41) is 3.30. The molecule has 0 amide bonds. The number of nitrogens with zero attached hydrogens (tertiary/aromatic N) is 2. The lowest BCUT2D eigenvalue weighted by Gasteiger charge is -2.26. The molecule has 0 bridgehead atoms. The Balaban J connectivity index is 1.85. The molecule has 1 fully saturated rings. The number of nitrogens with one attached hydrogen (secondary N) is 1. The molecule has 5 nitrogen and oxygen atoms in total. The van der Waals surface area contributed by atoms with E-state index in [1.165, 1.54) is 25.7 Å². The normalized spacial score (nSPS) is 24.5. The Morgan fingerprint density at radius 3 is 2.59 bits per heavy atom. The molecular formula is C12H21N5. The molecule has 5 heteroatoms. The average molecular weight is 235 g/mol. The summed E-state index contributed by atoms with van der Waals surface area (Å²) < 4.78 is 0. The van der Waals surface area contributed by atoms with Crippen LogP contribution < -0.4 is 16.8 Å². The van der Waals surface area contributed by atoms with E-state index < -0.39 is 0 Å². The molecule has 0 saturated heterocycles. The Morgan fingerprint density at radius 2 is 1.94 bits per heavy atom. The van der Waals surface area contributed by atoms with Gasteiger partial charge in [0, 0.05) is 12.6 Å². The zero-order valence-corrected chi connectivity index (χ0v) is 10.3. The third kappa shape index (κ3) is 3.47. The molecule has 0 aliphatic heterocycles. The van der Waals surface area contributed by atoms with Crippen LogP contribution in [0.4, 0.5) is 17.6 Å². The molecular weight excluding hydrogens is 214 g/mol. The largest absolute Gasteiger partial charge is 0.383 e. The lowest BCUT2D eigenvalue weighted by Crippen LogP contribution is -2.20. The molecule has 2 rings (SSSR count). The standard InChI is InChI=1S/C12H21N5/c1-8-2-4-9(5-3-8)7-15-11-6-10(13)16-12(14)17-11/h6,8-9H,2-5,7H2,1H3,(H5,13,14,15,16,17). The maximum atomic E-state index is 5.62. The van der Waals surface area contributed by atoms with Gasteiger partial charge in [-0.1, -0.05) is 19.8 Å². The van der Waals surface area contributed by atoms with E-state index in [2.05, 4.69) is 22.2 Å². The Kier molecular flexibility index (Phi) is 3.66. The molecule has 0 atom stereocenters. The highest BCUT2D eigenvalue weighted by atomic mass is 15.1. The topological polar surface area (TPSA) is 89.8 Å². The maximum Gasteiger partial charge on any atom is 0.223 e. The van der Waals surface area contributed by atoms with Crippen molar-refractivity contribution >= 4 is 17.6 Å². The van der Waals surface area contributed by atoms with Crippen molar-refractivity contribution in [1.82, 2.24) is 9.97 Å². The first-order valence-corrected chi connectivity index (χ1v) is 6.27.